The molecule has 6 N–H and O–H groups in total. The third-order valence-corrected chi connectivity index (χ3v) is 0.287. The van der Waals surface area contributed by atoms with E-state index in [1.165, 1.54) is 0 Å². The first kappa shape index (κ1) is 6.54. The molecule has 0 aromatic heterocycles. The Hall–Kier alpha value is -1.46. The molecule has 0 aliphatic heterocycles. The van der Waals surface area contributed by atoms with Crippen molar-refractivity contribution in [2.75, 3.05) is 0 Å². The van der Waals surface area contributed by atoms with Crippen LogP contribution in [0.5, 0.6) is 0 Å². The van der Waals surface area contributed by atoms with Crippen LogP contribution in [-0.4, -0.2) is 12.0 Å². The van der Waals surface area contributed by atoms with Crippen LogP contribution in [0.2, 0.25) is 0 Å². The van der Waals surface area contributed by atoms with E-state index in [9.17, 15) is 4.79 Å². The first-order valence-corrected chi connectivity index (χ1v) is 1.73. The third kappa shape index (κ3) is 4.54. The van der Waals surface area contributed by atoms with Crippen molar-refractivity contribution in [3.8, 4) is 0 Å². The standard InChI is InChI=1S/C2H6N5O/c3-1(4)6-7-2(5)8/h(H3,3,4)(H3,5,7,8). The first-order valence-electron chi connectivity index (χ1n) is 1.73. The van der Waals surface area contributed by atoms with E-state index in [0.717, 1.165) is 0 Å². The maximum absolute atomic E-state index is 9.77. The molecule has 6 heteroatoms. The van der Waals surface area contributed by atoms with Gasteiger partial charge in [0.25, 0.3) is 0 Å². The molecule has 8 heavy (non-hydrogen) atoms. The monoisotopic (exact) mass is 116 g/mol. The fourth-order valence-electron chi connectivity index (χ4n) is 0.115. The number of hydrogen-bond donors (Lipinski definition) is 4. The van der Waals surface area contributed by atoms with Crippen molar-refractivity contribution in [1.29, 1.82) is 5.41 Å². The van der Waals surface area contributed by atoms with Gasteiger partial charge in [-0.3, -0.25) is 5.41 Å². The Labute approximate surface area is 45.7 Å². The number of nitrogens with one attached hydrogen (secondary N) is 2. The SMILES string of the molecule is N=C(N)[N]NC(N)=O. The van der Waals surface area contributed by atoms with Crippen LogP contribution < -0.4 is 22.3 Å². The molecule has 0 aromatic rings. The molecule has 0 aromatic carbocycles. The number of carbonyl (C=O) groups excluding carboxylic acids is 1. The van der Waals surface area contributed by atoms with Crippen LogP contribution >= 0.6 is 0 Å². The molecular weight excluding hydrogens is 110 g/mol. The largest absolute Gasteiger partial charge is 0.367 e. The van der Waals surface area contributed by atoms with Crippen molar-refractivity contribution < 1.29 is 4.79 Å². The topological polar surface area (TPSA) is 119 Å². The average molecular weight is 116 g/mol. The molecule has 0 saturated carbocycles. The first-order chi connectivity index (χ1) is 3.63. The minimum atomic E-state index is -0.833. The summed E-state index contributed by atoms with van der Waals surface area (Å²) in [5.41, 5.74) is 14.0. The number of primary amides is 1. The molecule has 0 atom stereocenters. The van der Waals surface area contributed by atoms with E-state index in [0.29, 0.717) is 0 Å². The number of rotatable bonds is 0. The van der Waals surface area contributed by atoms with Crippen molar-refractivity contribution in [1.82, 2.24) is 10.9 Å². The quantitative estimate of drug-likeness (QED) is 0.167. The second-order valence-electron chi connectivity index (χ2n) is 0.973. The Balaban J connectivity index is 3.18. The highest BCUT2D eigenvalue weighted by molar-refractivity contribution is 5.78. The van der Waals surface area contributed by atoms with Crippen molar-refractivity contribution in [2.45, 2.75) is 0 Å². The van der Waals surface area contributed by atoms with Crippen molar-refractivity contribution in [3.63, 3.8) is 0 Å². The molecule has 0 spiro atoms. The highest BCUT2D eigenvalue weighted by Crippen LogP contribution is 1.49. The van der Waals surface area contributed by atoms with Gasteiger partial charge in [0.1, 0.15) is 0 Å². The number of carbonyl (C=O) groups is 1. The third-order valence-electron chi connectivity index (χ3n) is 0.287. The molecule has 1 radical (unpaired) electrons. The summed E-state index contributed by atoms with van der Waals surface area (Å²) in [7, 11) is 0. The fraction of sp³-hybridized carbons (Fsp3) is 0. The van der Waals surface area contributed by atoms with Gasteiger partial charge >= 0.3 is 6.03 Å². The second kappa shape index (κ2) is 2.67. The molecule has 0 aliphatic carbocycles. The van der Waals surface area contributed by atoms with Crippen molar-refractivity contribution in [3.05, 3.63) is 0 Å². The number of nitrogens with two attached hydrogens (primary N) is 2. The predicted octanol–water partition coefficient (Wildman–Crippen LogP) is -1.93. The Morgan fingerprint density at radius 3 is 2.25 bits per heavy atom. The van der Waals surface area contributed by atoms with E-state index in [-0.39, 0.29) is 0 Å². The molecule has 0 aliphatic rings. The lowest BCUT2D eigenvalue weighted by Crippen LogP contribution is -2.41. The Kier molecular flexibility index (Phi) is 2.18. The van der Waals surface area contributed by atoms with Crippen molar-refractivity contribution in [2.24, 2.45) is 11.5 Å². The van der Waals surface area contributed by atoms with Crippen LogP contribution in [0.15, 0.2) is 0 Å². The number of nitrogens with zero attached hydrogens (tertiary/aromatic N) is 1. The number of urea groups is 1. The number of guanidine groups is 1. The average Bonchev–Trinajstić information content (AvgIpc) is 1.61. The van der Waals surface area contributed by atoms with Gasteiger partial charge in [0.2, 0.25) is 5.96 Å². The molecule has 2 amide bonds. The zero-order chi connectivity index (χ0) is 6.57. The number of amides is 2. The van der Waals surface area contributed by atoms with Gasteiger partial charge < -0.3 is 11.5 Å². The highest BCUT2D eigenvalue weighted by atomic mass is 16.2. The van der Waals surface area contributed by atoms with E-state index < -0.39 is 12.0 Å². The molecule has 0 bridgehead atoms. The molecule has 0 rings (SSSR count). The molecule has 0 fully saturated rings. The number of hydrogen-bond acceptors (Lipinski definition) is 2. The van der Waals surface area contributed by atoms with Gasteiger partial charge in [-0.25, -0.2) is 10.2 Å². The summed E-state index contributed by atoms with van der Waals surface area (Å²) in [5.74, 6) is -0.483. The zero-order valence-corrected chi connectivity index (χ0v) is 4.01. The van der Waals surface area contributed by atoms with Crippen LogP contribution in [0, 0.1) is 5.41 Å². The van der Waals surface area contributed by atoms with Crippen LogP contribution in [0.25, 0.3) is 0 Å². The van der Waals surface area contributed by atoms with Gasteiger partial charge in [-0.05, 0) is 0 Å². The molecule has 45 valence electrons. The summed E-state index contributed by atoms with van der Waals surface area (Å²) in [4.78, 5) is 9.77. The molecule has 6 nitrogen and oxygen atoms in total. The summed E-state index contributed by atoms with van der Waals surface area (Å²) in [6, 6.07) is -0.833. The van der Waals surface area contributed by atoms with E-state index >= 15 is 0 Å². The van der Waals surface area contributed by atoms with Crippen LogP contribution in [0.3, 0.4) is 0 Å². The van der Waals surface area contributed by atoms with Crippen LogP contribution in [-0.2, 0) is 0 Å². The van der Waals surface area contributed by atoms with Gasteiger partial charge in [-0.1, -0.05) is 0 Å². The van der Waals surface area contributed by atoms with E-state index in [1.807, 2.05) is 0 Å². The minimum Gasteiger partial charge on any atom is -0.367 e. The fourth-order valence-corrected chi connectivity index (χ4v) is 0.115. The summed E-state index contributed by atoms with van der Waals surface area (Å²) >= 11 is 0. The predicted molar refractivity (Wildman–Crippen MR) is 26.8 cm³/mol. The second-order valence-corrected chi connectivity index (χ2v) is 0.973. The Morgan fingerprint density at radius 1 is 1.62 bits per heavy atom. The van der Waals surface area contributed by atoms with Gasteiger partial charge in [-0.15, -0.1) is 5.43 Å². The lowest BCUT2D eigenvalue weighted by atomic mass is 11.0. The molecular formula is C2H6N5O. The molecule has 0 unspecified atom stereocenters. The van der Waals surface area contributed by atoms with Gasteiger partial charge in [0.05, 0.1) is 0 Å². The smallest absolute Gasteiger partial charge is 0.332 e. The lowest BCUT2D eigenvalue weighted by Gasteiger charge is -1.95. The van der Waals surface area contributed by atoms with E-state index in [4.69, 9.17) is 5.41 Å². The Bertz CT molecular complexity index is 95.0. The van der Waals surface area contributed by atoms with E-state index in [1.54, 1.807) is 5.43 Å². The van der Waals surface area contributed by atoms with Gasteiger partial charge in [0, 0.05) is 0 Å². The Morgan fingerprint density at radius 2 is 2.12 bits per heavy atom. The summed E-state index contributed by atoms with van der Waals surface area (Å²) in [5, 5.41) is 6.43. The van der Waals surface area contributed by atoms with Crippen LogP contribution in [0.1, 0.15) is 0 Å². The molecule has 0 saturated heterocycles. The van der Waals surface area contributed by atoms with E-state index in [2.05, 4.69) is 16.9 Å². The molecule has 0 heterocycles. The maximum atomic E-state index is 9.77. The summed E-state index contributed by atoms with van der Waals surface area (Å²) in [6.07, 6.45) is 0. The minimum absolute atomic E-state index is 0.483. The lowest BCUT2D eigenvalue weighted by molar-refractivity contribution is 0.247. The van der Waals surface area contributed by atoms with Crippen LogP contribution in [0.4, 0.5) is 4.79 Å². The van der Waals surface area contributed by atoms with Gasteiger partial charge in [-0.2, -0.15) is 0 Å². The summed E-state index contributed by atoms with van der Waals surface area (Å²) in [6.45, 7) is 0. The van der Waals surface area contributed by atoms with Crippen molar-refractivity contribution >= 4 is 12.0 Å². The highest BCUT2D eigenvalue weighted by Gasteiger charge is 1.90. The zero-order valence-electron chi connectivity index (χ0n) is 4.01. The normalized spacial score (nSPS) is 7.50. The van der Waals surface area contributed by atoms with Gasteiger partial charge in [0.15, 0.2) is 0 Å². The summed E-state index contributed by atoms with van der Waals surface area (Å²) < 4.78 is 0. The maximum Gasteiger partial charge on any atom is 0.332 e.